The van der Waals surface area contributed by atoms with Gasteiger partial charge in [0, 0.05) is 16.8 Å². The number of nitrogen functional groups attached to an aromatic ring is 1. The molecule has 4 heteroatoms. The summed E-state index contributed by atoms with van der Waals surface area (Å²) in [5.41, 5.74) is 7.51. The van der Waals surface area contributed by atoms with Gasteiger partial charge in [0.05, 0.1) is 4.88 Å². The number of benzene rings is 1. The zero-order chi connectivity index (χ0) is 10.8. The molecule has 0 unspecified atom stereocenters. The molecular weight excluding hydrogens is 210 g/mol. The highest BCUT2D eigenvalue weighted by Crippen LogP contribution is 2.34. The molecule has 3 nitrogen and oxygen atoms in total. The van der Waals surface area contributed by atoms with Crippen molar-refractivity contribution < 1.29 is 9.90 Å². The molecule has 0 aliphatic carbocycles. The number of nitrogens with two attached hydrogens (primary N) is 1. The van der Waals surface area contributed by atoms with E-state index in [1.165, 1.54) is 17.4 Å². The summed E-state index contributed by atoms with van der Waals surface area (Å²) in [7, 11) is 0. The average molecular weight is 219 g/mol. The minimum absolute atomic E-state index is 0.130. The van der Waals surface area contributed by atoms with Crippen molar-refractivity contribution in [1.29, 1.82) is 0 Å². The van der Waals surface area contributed by atoms with E-state index in [-0.39, 0.29) is 5.75 Å². The van der Waals surface area contributed by atoms with E-state index in [2.05, 4.69) is 0 Å². The van der Waals surface area contributed by atoms with Crippen molar-refractivity contribution in [2.45, 2.75) is 0 Å². The zero-order valence-corrected chi connectivity index (χ0v) is 8.62. The Balaban J connectivity index is 2.62. The maximum absolute atomic E-state index is 10.8. The van der Waals surface area contributed by atoms with Gasteiger partial charge in [0.15, 0.2) is 6.29 Å². The molecule has 3 N–H and O–H groups in total. The summed E-state index contributed by atoms with van der Waals surface area (Å²) in [5, 5.41) is 11.5. The van der Waals surface area contributed by atoms with Crippen LogP contribution >= 0.6 is 11.3 Å². The normalized spacial score (nSPS) is 10.1. The van der Waals surface area contributed by atoms with Crippen molar-refractivity contribution in [2.24, 2.45) is 0 Å². The minimum atomic E-state index is 0.130. The van der Waals surface area contributed by atoms with E-state index in [0.717, 1.165) is 11.8 Å². The van der Waals surface area contributed by atoms with Crippen LogP contribution in [0.25, 0.3) is 11.1 Å². The van der Waals surface area contributed by atoms with E-state index >= 15 is 0 Å². The Morgan fingerprint density at radius 3 is 2.80 bits per heavy atom. The number of hydrogen-bond donors (Lipinski definition) is 2. The predicted molar refractivity (Wildman–Crippen MR) is 61.2 cm³/mol. The topological polar surface area (TPSA) is 63.3 Å². The Bertz CT molecular complexity index is 505. The number of phenols is 1. The highest BCUT2D eigenvalue weighted by atomic mass is 32.1. The second-order valence-electron chi connectivity index (χ2n) is 3.09. The van der Waals surface area contributed by atoms with Crippen molar-refractivity contribution in [3.8, 4) is 16.9 Å². The van der Waals surface area contributed by atoms with Gasteiger partial charge in [-0.15, -0.1) is 11.3 Å². The fraction of sp³-hybridized carbons (Fsp3) is 0. The van der Waals surface area contributed by atoms with E-state index < -0.39 is 0 Å². The number of carbonyl (C=O) groups excluding carboxylic acids is 1. The molecule has 0 radical (unpaired) electrons. The van der Waals surface area contributed by atoms with Gasteiger partial charge in [0.2, 0.25) is 0 Å². The van der Waals surface area contributed by atoms with Gasteiger partial charge in [-0.1, -0.05) is 0 Å². The molecule has 0 spiro atoms. The number of thiophene rings is 1. The summed E-state index contributed by atoms with van der Waals surface area (Å²) in [6.45, 7) is 0. The second kappa shape index (κ2) is 3.74. The maximum atomic E-state index is 10.8. The maximum Gasteiger partial charge on any atom is 0.160 e. The van der Waals surface area contributed by atoms with Gasteiger partial charge < -0.3 is 10.8 Å². The van der Waals surface area contributed by atoms with Crippen LogP contribution in [0.3, 0.4) is 0 Å². The lowest BCUT2D eigenvalue weighted by molar-refractivity contribution is 0.112. The molecule has 1 aromatic carbocycles. The van der Waals surface area contributed by atoms with Gasteiger partial charge in [-0.25, -0.2) is 0 Å². The number of phenolic OH excluding ortho intramolecular Hbond substituents is 1. The monoisotopic (exact) mass is 219 g/mol. The first-order valence-electron chi connectivity index (χ1n) is 4.34. The third-order valence-corrected chi connectivity index (χ3v) is 2.96. The van der Waals surface area contributed by atoms with Gasteiger partial charge in [-0.05, 0) is 29.6 Å². The lowest BCUT2D eigenvalue weighted by Gasteiger charge is -2.04. The summed E-state index contributed by atoms with van der Waals surface area (Å²) in [6, 6.07) is 6.59. The molecular formula is C11H9NO2S. The number of carbonyl (C=O) groups is 1. The minimum Gasteiger partial charge on any atom is -0.507 e. The molecule has 0 fully saturated rings. The van der Waals surface area contributed by atoms with Crippen molar-refractivity contribution >= 4 is 23.3 Å². The largest absolute Gasteiger partial charge is 0.507 e. The number of hydrogen-bond acceptors (Lipinski definition) is 4. The Morgan fingerprint density at radius 2 is 2.07 bits per heavy atom. The van der Waals surface area contributed by atoms with E-state index in [4.69, 9.17) is 5.73 Å². The third-order valence-electron chi connectivity index (χ3n) is 2.11. The van der Waals surface area contributed by atoms with Crippen LogP contribution in [0, 0.1) is 0 Å². The first-order valence-corrected chi connectivity index (χ1v) is 5.22. The highest BCUT2D eigenvalue weighted by molar-refractivity contribution is 7.12. The van der Waals surface area contributed by atoms with Crippen molar-refractivity contribution in [3.05, 3.63) is 34.5 Å². The Kier molecular flexibility index (Phi) is 2.43. The number of rotatable bonds is 2. The lowest BCUT2D eigenvalue weighted by Crippen LogP contribution is -1.87. The molecule has 0 aliphatic heterocycles. The summed E-state index contributed by atoms with van der Waals surface area (Å²) in [5.74, 6) is 0.130. The van der Waals surface area contributed by atoms with Crippen LogP contribution in [-0.2, 0) is 0 Å². The Morgan fingerprint density at radius 1 is 1.27 bits per heavy atom. The molecule has 2 rings (SSSR count). The Labute approximate surface area is 90.8 Å². The summed E-state index contributed by atoms with van der Waals surface area (Å²) < 4.78 is 0. The zero-order valence-electron chi connectivity index (χ0n) is 7.81. The van der Waals surface area contributed by atoms with Crippen LogP contribution in [0.1, 0.15) is 9.67 Å². The van der Waals surface area contributed by atoms with Crippen LogP contribution in [0.5, 0.6) is 5.75 Å². The number of anilines is 1. The lowest BCUT2D eigenvalue weighted by atomic mass is 10.1. The fourth-order valence-corrected chi connectivity index (χ4v) is 2.12. The van der Waals surface area contributed by atoms with E-state index in [0.29, 0.717) is 16.1 Å². The van der Waals surface area contributed by atoms with Gasteiger partial charge in [0.1, 0.15) is 5.75 Å². The number of aldehydes is 1. The summed E-state index contributed by atoms with van der Waals surface area (Å²) >= 11 is 1.34. The molecule has 1 aromatic heterocycles. The van der Waals surface area contributed by atoms with Crippen molar-refractivity contribution in [3.63, 3.8) is 0 Å². The molecule has 2 aromatic rings. The van der Waals surface area contributed by atoms with Crippen LogP contribution in [0.2, 0.25) is 0 Å². The molecule has 1 heterocycles. The SMILES string of the molecule is Nc1ccc(O)c(-c2ccsc2C=O)c1. The van der Waals surface area contributed by atoms with Crippen molar-refractivity contribution in [2.75, 3.05) is 5.73 Å². The molecule has 0 amide bonds. The second-order valence-corrected chi connectivity index (χ2v) is 4.04. The van der Waals surface area contributed by atoms with Crippen LogP contribution in [-0.4, -0.2) is 11.4 Å². The summed E-state index contributed by atoms with van der Waals surface area (Å²) in [6.07, 6.45) is 0.780. The van der Waals surface area contributed by atoms with E-state index in [1.807, 2.05) is 5.38 Å². The fourth-order valence-electron chi connectivity index (χ4n) is 1.40. The first kappa shape index (κ1) is 9.73. The molecule has 0 bridgehead atoms. The van der Waals surface area contributed by atoms with E-state index in [1.54, 1.807) is 18.2 Å². The van der Waals surface area contributed by atoms with Crippen LogP contribution < -0.4 is 5.73 Å². The van der Waals surface area contributed by atoms with Gasteiger partial charge >= 0.3 is 0 Å². The van der Waals surface area contributed by atoms with Gasteiger partial charge in [-0.2, -0.15) is 0 Å². The van der Waals surface area contributed by atoms with Gasteiger partial charge in [-0.3, -0.25) is 4.79 Å². The standard InChI is InChI=1S/C11H9NO2S/c12-7-1-2-10(14)9(5-7)8-3-4-15-11(8)6-13/h1-6,14H,12H2. The molecule has 0 saturated heterocycles. The predicted octanol–water partition coefficient (Wildman–Crippen LogP) is 2.52. The number of aromatic hydroxyl groups is 1. The van der Waals surface area contributed by atoms with Crippen molar-refractivity contribution in [1.82, 2.24) is 0 Å². The molecule has 0 saturated carbocycles. The average Bonchev–Trinajstić information content (AvgIpc) is 2.69. The molecule has 76 valence electrons. The highest BCUT2D eigenvalue weighted by Gasteiger charge is 2.10. The first-order chi connectivity index (χ1) is 7.22. The molecule has 15 heavy (non-hydrogen) atoms. The molecule has 0 aliphatic rings. The van der Waals surface area contributed by atoms with E-state index in [9.17, 15) is 9.90 Å². The van der Waals surface area contributed by atoms with Crippen LogP contribution in [0.4, 0.5) is 5.69 Å². The quantitative estimate of drug-likeness (QED) is 0.463. The van der Waals surface area contributed by atoms with Gasteiger partial charge in [0.25, 0.3) is 0 Å². The van der Waals surface area contributed by atoms with Crippen LogP contribution in [0.15, 0.2) is 29.6 Å². The molecule has 0 atom stereocenters. The Hall–Kier alpha value is -1.81. The smallest absolute Gasteiger partial charge is 0.160 e. The third kappa shape index (κ3) is 1.71. The summed E-state index contributed by atoms with van der Waals surface area (Å²) in [4.78, 5) is 11.3.